The Bertz CT molecular complexity index is 428. The van der Waals surface area contributed by atoms with E-state index in [0.29, 0.717) is 5.92 Å². The zero-order valence-corrected chi connectivity index (χ0v) is 11.0. The Morgan fingerprint density at radius 2 is 2.00 bits per heavy atom. The smallest absolute Gasteiger partial charge is 0.303 e. The summed E-state index contributed by atoms with van der Waals surface area (Å²) < 4.78 is 13.5. The van der Waals surface area contributed by atoms with E-state index in [4.69, 9.17) is 5.11 Å². The third-order valence-corrected chi connectivity index (χ3v) is 3.83. The maximum Gasteiger partial charge on any atom is 0.303 e. The number of aliphatic carboxylic acids is 1. The van der Waals surface area contributed by atoms with Crippen LogP contribution in [0.5, 0.6) is 0 Å². The fourth-order valence-corrected chi connectivity index (χ4v) is 2.64. The molecule has 1 aliphatic heterocycles. The van der Waals surface area contributed by atoms with Crippen LogP contribution in [0.1, 0.15) is 24.8 Å². The summed E-state index contributed by atoms with van der Waals surface area (Å²) in [5, 5.41) is 8.76. The SMILES string of the molecule is O=C(O)CC1CCN(CCc2ccccc2F)CC1. The van der Waals surface area contributed by atoms with Gasteiger partial charge in [0.1, 0.15) is 5.82 Å². The molecule has 0 unspecified atom stereocenters. The molecule has 0 aliphatic carbocycles. The average Bonchev–Trinajstić information content (AvgIpc) is 2.39. The van der Waals surface area contributed by atoms with Gasteiger partial charge in [-0.05, 0) is 49.9 Å². The van der Waals surface area contributed by atoms with Gasteiger partial charge in [-0.3, -0.25) is 4.79 Å². The molecule has 1 aromatic carbocycles. The van der Waals surface area contributed by atoms with E-state index in [0.717, 1.165) is 44.5 Å². The number of carbonyl (C=O) groups is 1. The molecule has 1 aromatic rings. The Morgan fingerprint density at radius 3 is 2.63 bits per heavy atom. The molecule has 0 amide bonds. The van der Waals surface area contributed by atoms with Gasteiger partial charge in [0.2, 0.25) is 0 Å². The van der Waals surface area contributed by atoms with Crippen molar-refractivity contribution in [3.05, 3.63) is 35.6 Å². The minimum absolute atomic E-state index is 0.136. The Balaban J connectivity index is 1.74. The molecule has 0 bridgehead atoms. The number of piperidine rings is 1. The maximum atomic E-state index is 13.5. The van der Waals surface area contributed by atoms with Crippen molar-refractivity contribution in [1.82, 2.24) is 4.90 Å². The first kappa shape index (κ1) is 14.0. The second-order valence-electron chi connectivity index (χ2n) is 5.22. The number of likely N-dealkylation sites (tertiary alicyclic amines) is 1. The number of rotatable bonds is 5. The van der Waals surface area contributed by atoms with E-state index in [9.17, 15) is 9.18 Å². The van der Waals surface area contributed by atoms with Crippen molar-refractivity contribution in [3.8, 4) is 0 Å². The van der Waals surface area contributed by atoms with Crippen molar-refractivity contribution in [3.63, 3.8) is 0 Å². The monoisotopic (exact) mass is 265 g/mol. The van der Waals surface area contributed by atoms with E-state index < -0.39 is 5.97 Å². The Labute approximate surface area is 113 Å². The van der Waals surface area contributed by atoms with Crippen LogP contribution < -0.4 is 0 Å². The number of carboxylic acid groups (broad SMARTS) is 1. The molecule has 2 rings (SSSR count). The van der Waals surface area contributed by atoms with Crippen molar-refractivity contribution in [2.75, 3.05) is 19.6 Å². The average molecular weight is 265 g/mol. The van der Waals surface area contributed by atoms with Crippen LogP contribution in [0.2, 0.25) is 0 Å². The highest BCUT2D eigenvalue weighted by Gasteiger charge is 2.21. The van der Waals surface area contributed by atoms with Gasteiger partial charge in [0, 0.05) is 13.0 Å². The van der Waals surface area contributed by atoms with Gasteiger partial charge >= 0.3 is 5.97 Å². The molecule has 1 saturated heterocycles. The van der Waals surface area contributed by atoms with E-state index in [1.807, 2.05) is 12.1 Å². The second kappa shape index (κ2) is 6.66. The number of carboxylic acids is 1. The molecule has 0 saturated carbocycles. The third-order valence-electron chi connectivity index (χ3n) is 3.83. The van der Waals surface area contributed by atoms with E-state index >= 15 is 0 Å². The van der Waals surface area contributed by atoms with Gasteiger partial charge < -0.3 is 10.0 Å². The molecule has 0 spiro atoms. The molecule has 4 heteroatoms. The lowest BCUT2D eigenvalue weighted by Gasteiger charge is -2.31. The minimum atomic E-state index is -0.704. The fourth-order valence-electron chi connectivity index (χ4n) is 2.64. The molecule has 3 nitrogen and oxygen atoms in total. The molecular formula is C15H20FNO2. The minimum Gasteiger partial charge on any atom is -0.481 e. The molecule has 1 fully saturated rings. The number of hydrogen-bond acceptors (Lipinski definition) is 2. The molecular weight excluding hydrogens is 245 g/mol. The topological polar surface area (TPSA) is 40.5 Å². The molecule has 0 radical (unpaired) electrons. The first-order valence-electron chi connectivity index (χ1n) is 6.82. The van der Waals surface area contributed by atoms with Crippen LogP contribution in [0.25, 0.3) is 0 Å². The standard InChI is InChI=1S/C15H20FNO2/c16-14-4-2-1-3-13(14)7-10-17-8-5-12(6-9-17)11-15(18)19/h1-4,12H,5-11H2,(H,18,19). The lowest BCUT2D eigenvalue weighted by Crippen LogP contribution is -2.35. The van der Waals surface area contributed by atoms with Crippen LogP contribution >= 0.6 is 0 Å². The van der Waals surface area contributed by atoms with Gasteiger partial charge in [-0.25, -0.2) is 4.39 Å². The van der Waals surface area contributed by atoms with Gasteiger partial charge in [0.15, 0.2) is 0 Å². The van der Waals surface area contributed by atoms with E-state index in [2.05, 4.69) is 4.90 Å². The van der Waals surface area contributed by atoms with Gasteiger partial charge in [-0.1, -0.05) is 18.2 Å². The highest BCUT2D eigenvalue weighted by Crippen LogP contribution is 2.20. The predicted molar refractivity (Wildman–Crippen MR) is 71.5 cm³/mol. The van der Waals surface area contributed by atoms with Crippen LogP contribution in [0.3, 0.4) is 0 Å². The van der Waals surface area contributed by atoms with Crippen molar-refractivity contribution < 1.29 is 14.3 Å². The summed E-state index contributed by atoms with van der Waals surface area (Å²) >= 11 is 0. The Kier molecular flexibility index (Phi) is 4.91. The predicted octanol–water partition coefficient (Wildman–Crippen LogP) is 2.55. The lowest BCUT2D eigenvalue weighted by atomic mass is 9.93. The summed E-state index contributed by atoms with van der Waals surface area (Å²) in [6.45, 7) is 2.69. The van der Waals surface area contributed by atoms with Crippen LogP contribution in [0, 0.1) is 11.7 Å². The Morgan fingerprint density at radius 1 is 1.32 bits per heavy atom. The summed E-state index contributed by atoms with van der Waals surface area (Å²) in [6.07, 6.45) is 2.87. The van der Waals surface area contributed by atoms with Gasteiger partial charge in [-0.2, -0.15) is 0 Å². The van der Waals surface area contributed by atoms with Crippen LogP contribution in [0.4, 0.5) is 4.39 Å². The highest BCUT2D eigenvalue weighted by molar-refractivity contribution is 5.67. The van der Waals surface area contributed by atoms with E-state index in [-0.39, 0.29) is 12.2 Å². The van der Waals surface area contributed by atoms with E-state index in [1.54, 1.807) is 6.07 Å². The van der Waals surface area contributed by atoms with Gasteiger partial charge in [0.25, 0.3) is 0 Å². The molecule has 1 N–H and O–H groups in total. The summed E-state index contributed by atoms with van der Waals surface area (Å²) in [4.78, 5) is 12.9. The van der Waals surface area contributed by atoms with Crippen molar-refractivity contribution in [1.29, 1.82) is 0 Å². The zero-order chi connectivity index (χ0) is 13.7. The number of hydrogen-bond donors (Lipinski definition) is 1. The quantitative estimate of drug-likeness (QED) is 0.889. The third kappa shape index (κ3) is 4.31. The van der Waals surface area contributed by atoms with Crippen LogP contribution in [0.15, 0.2) is 24.3 Å². The molecule has 19 heavy (non-hydrogen) atoms. The van der Waals surface area contributed by atoms with Crippen molar-refractivity contribution >= 4 is 5.97 Å². The normalized spacial score (nSPS) is 17.5. The van der Waals surface area contributed by atoms with Crippen LogP contribution in [-0.2, 0) is 11.2 Å². The molecule has 104 valence electrons. The highest BCUT2D eigenvalue weighted by atomic mass is 19.1. The lowest BCUT2D eigenvalue weighted by molar-refractivity contribution is -0.138. The first-order chi connectivity index (χ1) is 9.15. The fraction of sp³-hybridized carbons (Fsp3) is 0.533. The van der Waals surface area contributed by atoms with E-state index in [1.165, 1.54) is 6.07 Å². The molecule has 1 aliphatic rings. The second-order valence-corrected chi connectivity index (χ2v) is 5.22. The number of halogens is 1. The van der Waals surface area contributed by atoms with Gasteiger partial charge in [-0.15, -0.1) is 0 Å². The molecule has 0 aromatic heterocycles. The largest absolute Gasteiger partial charge is 0.481 e. The molecule has 0 atom stereocenters. The van der Waals surface area contributed by atoms with Gasteiger partial charge in [0.05, 0.1) is 0 Å². The zero-order valence-electron chi connectivity index (χ0n) is 11.0. The summed E-state index contributed by atoms with van der Waals surface area (Å²) in [6, 6.07) is 6.88. The first-order valence-corrected chi connectivity index (χ1v) is 6.82. The summed E-state index contributed by atoms with van der Waals surface area (Å²) in [5.74, 6) is -0.532. The van der Waals surface area contributed by atoms with Crippen molar-refractivity contribution in [2.24, 2.45) is 5.92 Å². The molecule has 1 heterocycles. The summed E-state index contributed by atoms with van der Waals surface area (Å²) in [5.41, 5.74) is 0.759. The maximum absolute atomic E-state index is 13.5. The Hall–Kier alpha value is -1.42. The number of benzene rings is 1. The van der Waals surface area contributed by atoms with Crippen molar-refractivity contribution in [2.45, 2.75) is 25.7 Å². The van der Waals surface area contributed by atoms with Crippen LogP contribution in [-0.4, -0.2) is 35.6 Å². The summed E-state index contributed by atoms with van der Waals surface area (Å²) in [7, 11) is 0. The number of nitrogens with zero attached hydrogens (tertiary/aromatic N) is 1.